The predicted molar refractivity (Wildman–Crippen MR) is 136 cm³/mol. The molecule has 188 valence electrons. The van der Waals surface area contributed by atoms with E-state index in [0.717, 1.165) is 24.0 Å². The van der Waals surface area contributed by atoms with Crippen molar-refractivity contribution in [2.45, 2.75) is 83.1 Å². The molecule has 2 atom stereocenters. The van der Waals surface area contributed by atoms with Gasteiger partial charge in [0, 0.05) is 5.69 Å². The van der Waals surface area contributed by atoms with E-state index in [-0.39, 0.29) is 11.6 Å². The summed E-state index contributed by atoms with van der Waals surface area (Å²) in [5, 5.41) is 2.96. The number of carbonyl (C=O) groups excluding carboxylic acids is 2. The summed E-state index contributed by atoms with van der Waals surface area (Å²) in [4.78, 5) is 27.6. The van der Waals surface area contributed by atoms with Crippen molar-refractivity contribution in [1.29, 1.82) is 0 Å². The van der Waals surface area contributed by atoms with E-state index >= 15 is 0 Å². The van der Waals surface area contributed by atoms with Crippen LogP contribution in [0.5, 0.6) is 0 Å². The number of benzene rings is 2. The first-order valence-corrected chi connectivity index (χ1v) is 12.4. The Hall–Kier alpha value is -3.22. The zero-order valence-corrected chi connectivity index (χ0v) is 21.3. The van der Waals surface area contributed by atoms with Crippen LogP contribution in [0.4, 0.5) is 15.3 Å². The van der Waals surface area contributed by atoms with Crippen LogP contribution in [0.1, 0.15) is 70.1 Å². The molecule has 1 saturated heterocycles. The first kappa shape index (κ1) is 24.9. The van der Waals surface area contributed by atoms with Gasteiger partial charge in [0.2, 0.25) is 0 Å². The second-order valence-electron chi connectivity index (χ2n) is 11.0. The van der Waals surface area contributed by atoms with Gasteiger partial charge in [0.15, 0.2) is 0 Å². The van der Waals surface area contributed by atoms with Crippen LogP contribution >= 0.6 is 0 Å². The number of amides is 2. The van der Waals surface area contributed by atoms with E-state index in [1.807, 2.05) is 49.9 Å². The Morgan fingerprint density at radius 1 is 1.20 bits per heavy atom. The van der Waals surface area contributed by atoms with E-state index in [9.17, 15) is 9.59 Å². The van der Waals surface area contributed by atoms with Crippen molar-refractivity contribution in [2.75, 3.05) is 12.3 Å². The van der Waals surface area contributed by atoms with E-state index in [4.69, 9.17) is 15.2 Å². The highest BCUT2D eigenvalue weighted by Crippen LogP contribution is 2.53. The Kier molecular flexibility index (Phi) is 6.71. The van der Waals surface area contributed by atoms with Gasteiger partial charge in [0.05, 0.1) is 18.1 Å². The number of nitrogens with two attached hydrogens (primary N) is 1. The van der Waals surface area contributed by atoms with E-state index in [2.05, 4.69) is 43.4 Å². The molecule has 0 spiro atoms. The summed E-state index contributed by atoms with van der Waals surface area (Å²) in [6, 6.07) is 15.6. The van der Waals surface area contributed by atoms with E-state index < -0.39 is 23.8 Å². The summed E-state index contributed by atoms with van der Waals surface area (Å²) >= 11 is 0. The maximum atomic E-state index is 13.1. The lowest BCUT2D eigenvalue weighted by Gasteiger charge is -2.28. The van der Waals surface area contributed by atoms with Gasteiger partial charge in [0.1, 0.15) is 11.7 Å². The minimum Gasteiger partial charge on any atom is -0.444 e. The van der Waals surface area contributed by atoms with Crippen LogP contribution in [0.25, 0.3) is 0 Å². The van der Waals surface area contributed by atoms with Gasteiger partial charge in [0.25, 0.3) is 0 Å². The Morgan fingerprint density at radius 3 is 2.49 bits per heavy atom. The van der Waals surface area contributed by atoms with Crippen LogP contribution in [-0.2, 0) is 21.4 Å². The number of nitrogens with zero attached hydrogens (tertiary/aromatic N) is 1. The normalized spacial score (nSPS) is 19.9. The Labute approximate surface area is 208 Å². The molecule has 7 heteroatoms. The van der Waals surface area contributed by atoms with Crippen LogP contribution in [-0.4, -0.2) is 41.4 Å². The lowest BCUT2D eigenvalue weighted by Crippen LogP contribution is -2.48. The topological polar surface area (TPSA) is 93.9 Å². The lowest BCUT2D eigenvalue weighted by atomic mass is 9.95. The number of hydrogen-bond acceptors (Lipinski definition) is 5. The van der Waals surface area contributed by atoms with E-state index in [1.165, 1.54) is 5.56 Å². The van der Waals surface area contributed by atoms with Gasteiger partial charge in [-0.05, 0) is 74.8 Å². The zero-order valence-electron chi connectivity index (χ0n) is 21.3. The molecule has 7 nitrogen and oxygen atoms in total. The van der Waals surface area contributed by atoms with Gasteiger partial charge < -0.3 is 20.5 Å². The quantitative estimate of drug-likeness (QED) is 0.523. The van der Waals surface area contributed by atoms with E-state index in [0.29, 0.717) is 24.6 Å². The molecule has 2 amide bonds. The molecule has 1 heterocycles. The Morgan fingerprint density at radius 2 is 1.89 bits per heavy atom. The number of carbonyl (C=O) groups is 2. The van der Waals surface area contributed by atoms with E-state index in [1.54, 1.807) is 0 Å². The lowest BCUT2D eigenvalue weighted by molar-refractivity contribution is 0.0436. The molecular weight excluding hydrogens is 442 g/mol. The van der Waals surface area contributed by atoms with Crippen molar-refractivity contribution in [3.8, 4) is 0 Å². The number of nitrogens with one attached hydrogen (secondary N) is 1. The van der Waals surface area contributed by atoms with Crippen LogP contribution in [0.2, 0.25) is 0 Å². The first-order chi connectivity index (χ1) is 16.5. The van der Waals surface area contributed by atoms with Gasteiger partial charge in [-0.2, -0.15) is 0 Å². The molecule has 35 heavy (non-hydrogen) atoms. The van der Waals surface area contributed by atoms with Gasteiger partial charge in [-0.1, -0.05) is 50.2 Å². The number of nitrogen functional groups attached to an aromatic ring is 1. The second kappa shape index (κ2) is 9.44. The fraction of sp³-hybridized carbons (Fsp3) is 0.500. The minimum atomic E-state index is -0.631. The average molecular weight is 480 g/mol. The number of anilines is 1. The number of alkyl carbamates (subject to hydrolysis) is 1. The summed E-state index contributed by atoms with van der Waals surface area (Å²) in [6.45, 7) is 10.2. The molecule has 1 aliphatic carbocycles. The maximum Gasteiger partial charge on any atom is 0.411 e. The molecule has 1 saturated carbocycles. The number of cyclic esters (lactones) is 1. The fourth-order valence-corrected chi connectivity index (χ4v) is 4.71. The predicted octanol–water partition coefficient (Wildman–Crippen LogP) is 5.34. The monoisotopic (exact) mass is 479 g/mol. The zero-order chi connectivity index (χ0) is 25.4. The molecule has 0 radical (unpaired) electrons. The van der Waals surface area contributed by atoms with Crippen LogP contribution in [0.3, 0.4) is 0 Å². The Bertz CT molecular complexity index is 1070. The largest absolute Gasteiger partial charge is 0.444 e. The summed E-state index contributed by atoms with van der Waals surface area (Å²) in [6.07, 6.45) is 0.922. The smallest absolute Gasteiger partial charge is 0.411 e. The molecule has 2 aliphatic rings. The molecule has 2 aromatic carbocycles. The third kappa shape index (κ3) is 5.72. The SMILES string of the molecule is CC(C)c1cccc(C2(N3C[C@H]([C@H](Cc4ccc(N)cc4)NC(=O)OC(C)(C)C)OC3=O)CC2)c1. The molecule has 4 rings (SSSR count). The van der Waals surface area contributed by atoms with Gasteiger partial charge in [-0.15, -0.1) is 0 Å². The number of hydrogen-bond donors (Lipinski definition) is 2. The molecule has 2 fully saturated rings. The third-order valence-electron chi connectivity index (χ3n) is 6.75. The molecule has 0 aromatic heterocycles. The van der Waals surface area contributed by atoms with Crippen LogP contribution in [0.15, 0.2) is 48.5 Å². The van der Waals surface area contributed by atoms with Crippen molar-refractivity contribution < 1.29 is 19.1 Å². The molecule has 0 bridgehead atoms. The van der Waals surface area contributed by atoms with Crippen molar-refractivity contribution in [2.24, 2.45) is 0 Å². The molecular formula is C28H37N3O4. The van der Waals surface area contributed by atoms with Crippen molar-refractivity contribution >= 4 is 17.9 Å². The maximum absolute atomic E-state index is 13.1. The summed E-state index contributed by atoms with van der Waals surface area (Å²) in [5.41, 5.74) is 8.93. The molecule has 3 N–H and O–H groups in total. The van der Waals surface area contributed by atoms with Crippen molar-refractivity contribution in [3.05, 3.63) is 65.2 Å². The minimum absolute atomic E-state index is 0.337. The third-order valence-corrected chi connectivity index (χ3v) is 6.75. The molecule has 0 unspecified atom stereocenters. The summed E-state index contributed by atoms with van der Waals surface area (Å²) in [7, 11) is 0. The van der Waals surface area contributed by atoms with Crippen LogP contribution in [0, 0.1) is 0 Å². The fourth-order valence-electron chi connectivity index (χ4n) is 4.71. The van der Waals surface area contributed by atoms with Crippen LogP contribution < -0.4 is 11.1 Å². The standard InChI is InChI=1S/C28H37N3O4/c1-18(2)20-7-6-8-21(16-20)28(13-14-28)31-17-24(34-26(31)33)23(30-25(32)35-27(3,4)5)15-19-9-11-22(29)12-10-19/h6-12,16,18,23-24H,13-15,17,29H2,1-5H3,(H,30,32)/t23-,24+/m0/s1. The molecule has 2 aromatic rings. The summed E-state index contributed by atoms with van der Waals surface area (Å²) in [5.74, 6) is 0.409. The second-order valence-corrected chi connectivity index (χ2v) is 11.0. The highest BCUT2D eigenvalue weighted by Gasteiger charge is 2.56. The first-order valence-electron chi connectivity index (χ1n) is 12.4. The number of rotatable bonds is 7. The average Bonchev–Trinajstić information content (AvgIpc) is 3.49. The highest BCUT2D eigenvalue weighted by molar-refractivity contribution is 5.73. The summed E-state index contributed by atoms with van der Waals surface area (Å²) < 4.78 is 11.4. The van der Waals surface area contributed by atoms with Gasteiger partial charge >= 0.3 is 12.2 Å². The van der Waals surface area contributed by atoms with Crippen molar-refractivity contribution in [1.82, 2.24) is 10.2 Å². The van der Waals surface area contributed by atoms with Gasteiger partial charge in [-0.3, -0.25) is 4.90 Å². The highest BCUT2D eigenvalue weighted by atomic mass is 16.6. The van der Waals surface area contributed by atoms with Gasteiger partial charge in [-0.25, -0.2) is 9.59 Å². The number of ether oxygens (including phenoxy) is 2. The van der Waals surface area contributed by atoms with Crippen molar-refractivity contribution in [3.63, 3.8) is 0 Å². The molecule has 1 aliphatic heterocycles. The Balaban J connectivity index is 1.55.